The summed E-state index contributed by atoms with van der Waals surface area (Å²) in [5.41, 5.74) is 6.45. The van der Waals surface area contributed by atoms with E-state index in [1.54, 1.807) is 0 Å². The summed E-state index contributed by atoms with van der Waals surface area (Å²) in [7, 11) is 0. The molecule has 0 aliphatic heterocycles. The van der Waals surface area contributed by atoms with Crippen molar-refractivity contribution in [2.24, 2.45) is 5.73 Å². The Bertz CT molecular complexity index is 367. The van der Waals surface area contributed by atoms with E-state index in [-0.39, 0.29) is 5.56 Å². The number of halogens is 2. The minimum atomic E-state index is -0.737. The molecule has 1 aromatic rings. The van der Waals surface area contributed by atoms with Crippen LogP contribution in [0.25, 0.3) is 0 Å². The average Bonchev–Trinajstić information content (AvgIpc) is 2.10. The van der Waals surface area contributed by atoms with Crippen LogP contribution in [0.2, 0.25) is 0 Å². The maximum atomic E-state index is 13.3. The van der Waals surface area contributed by atoms with Gasteiger partial charge in [-0.25, -0.2) is 8.78 Å². The molecule has 4 heteroatoms. The second-order valence-electron chi connectivity index (χ2n) is 3.59. The Hall–Kier alpha value is -1.00. The number of hydrogen-bond donors (Lipinski definition) is 2. The van der Waals surface area contributed by atoms with Crippen molar-refractivity contribution < 1.29 is 13.9 Å². The molecule has 0 aromatic heterocycles. The first-order chi connectivity index (χ1) is 6.59. The van der Waals surface area contributed by atoms with Crippen molar-refractivity contribution in [3.8, 4) is 0 Å². The summed E-state index contributed by atoms with van der Waals surface area (Å²) in [6, 6.07) is 1.35. The molecule has 3 N–H and O–H groups in total. The van der Waals surface area contributed by atoms with Crippen LogP contribution in [0, 0.1) is 11.6 Å². The van der Waals surface area contributed by atoms with Crippen molar-refractivity contribution in [3.05, 3.63) is 34.9 Å². The highest BCUT2D eigenvalue weighted by atomic mass is 19.1. The maximum Gasteiger partial charge on any atom is 0.131 e. The summed E-state index contributed by atoms with van der Waals surface area (Å²) in [4.78, 5) is 0. The van der Waals surface area contributed by atoms with E-state index in [9.17, 15) is 13.9 Å². The summed E-state index contributed by atoms with van der Waals surface area (Å²) < 4.78 is 26.2. The lowest BCUT2D eigenvalue weighted by Gasteiger charge is -2.27. The molecule has 0 saturated heterocycles. The Kier molecular flexibility index (Phi) is 2.25. The van der Waals surface area contributed by atoms with E-state index < -0.39 is 23.8 Å². The van der Waals surface area contributed by atoms with E-state index in [0.717, 1.165) is 6.07 Å². The van der Waals surface area contributed by atoms with Crippen LogP contribution in [0.1, 0.15) is 23.6 Å². The fourth-order valence-corrected chi connectivity index (χ4v) is 1.89. The molecule has 0 heterocycles. The molecule has 0 spiro atoms. The third-order valence-electron chi connectivity index (χ3n) is 2.64. The van der Waals surface area contributed by atoms with Gasteiger partial charge in [-0.3, -0.25) is 0 Å². The normalized spacial score (nSPS) is 26.0. The van der Waals surface area contributed by atoms with Crippen molar-refractivity contribution >= 4 is 0 Å². The third-order valence-corrected chi connectivity index (χ3v) is 2.64. The molecule has 0 unspecified atom stereocenters. The Balaban J connectivity index is 2.54. The van der Waals surface area contributed by atoms with Crippen molar-refractivity contribution in [1.29, 1.82) is 0 Å². The second-order valence-corrected chi connectivity index (χ2v) is 3.59. The molecular weight excluding hydrogens is 188 g/mol. The van der Waals surface area contributed by atoms with Gasteiger partial charge in [-0.2, -0.15) is 0 Å². The van der Waals surface area contributed by atoms with Crippen molar-refractivity contribution in [3.63, 3.8) is 0 Å². The molecule has 1 aliphatic rings. The van der Waals surface area contributed by atoms with Gasteiger partial charge in [-0.05, 0) is 24.5 Å². The third kappa shape index (κ3) is 1.40. The highest BCUT2D eigenvalue weighted by Crippen LogP contribution is 2.30. The quantitative estimate of drug-likeness (QED) is 0.661. The van der Waals surface area contributed by atoms with Gasteiger partial charge in [0.25, 0.3) is 0 Å². The van der Waals surface area contributed by atoms with Gasteiger partial charge >= 0.3 is 0 Å². The molecule has 0 amide bonds. The summed E-state index contributed by atoms with van der Waals surface area (Å²) in [6.45, 7) is 0. The van der Waals surface area contributed by atoms with E-state index in [1.807, 2.05) is 0 Å². The molecule has 0 radical (unpaired) electrons. The van der Waals surface area contributed by atoms with Gasteiger partial charge in [0, 0.05) is 11.6 Å². The lowest BCUT2D eigenvalue weighted by atomic mass is 9.86. The fourth-order valence-electron chi connectivity index (χ4n) is 1.89. The van der Waals surface area contributed by atoms with Crippen LogP contribution in [0.3, 0.4) is 0 Å². The molecule has 14 heavy (non-hydrogen) atoms. The van der Waals surface area contributed by atoms with Gasteiger partial charge in [0.1, 0.15) is 11.6 Å². The molecule has 76 valence electrons. The maximum absolute atomic E-state index is 13.3. The van der Waals surface area contributed by atoms with E-state index in [0.29, 0.717) is 18.4 Å². The number of fused-ring (bicyclic) bond motifs is 1. The lowest BCUT2D eigenvalue weighted by Crippen LogP contribution is -2.32. The summed E-state index contributed by atoms with van der Waals surface area (Å²) >= 11 is 0. The van der Waals surface area contributed by atoms with Gasteiger partial charge in [-0.15, -0.1) is 0 Å². The zero-order valence-electron chi connectivity index (χ0n) is 7.50. The number of nitrogens with two attached hydrogens (primary N) is 1. The zero-order chi connectivity index (χ0) is 10.3. The smallest absolute Gasteiger partial charge is 0.131 e. The first-order valence-electron chi connectivity index (χ1n) is 4.51. The van der Waals surface area contributed by atoms with E-state index >= 15 is 0 Å². The van der Waals surface area contributed by atoms with E-state index in [4.69, 9.17) is 5.73 Å². The van der Waals surface area contributed by atoms with Gasteiger partial charge in [0.05, 0.1) is 12.1 Å². The number of rotatable bonds is 0. The van der Waals surface area contributed by atoms with E-state index in [2.05, 4.69) is 0 Å². The van der Waals surface area contributed by atoms with Gasteiger partial charge in [-0.1, -0.05) is 0 Å². The van der Waals surface area contributed by atoms with Crippen LogP contribution in [0.4, 0.5) is 8.78 Å². The molecular formula is C10H11F2NO. The van der Waals surface area contributed by atoms with Crippen molar-refractivity contribution in [2.75, 3.05) is 0 Å². The Labute approximate surface area is 80.4 Å². The molecule has 0 fully saturated rings. The van der Waals surface area contributed by atoms with E-state index in [1.165, 1.54) is 6.07 Å². The zero-order valence-corrected chi connectivity index (χ0v) is 7.50. The summed E-state index contributed by atoms with van der Waals surface area (Å²) in [5.74, 6) is -1.25. The molecule has 2 atom stereocenters. The second kappa shape index (κ2) is 3.29. The minimum Gasteiger partial charge on any atom is -0.391 e. The standard InChI is InChI=1S/C10H11F2NO/c11-6-3-5-1-2-8(14)10(13)9(5)7(12)4-6/h3-4,8,10,14H,1-2,13H2/t8-,10-/m1/s1. The minimum absolute atomic E-state index is 0.255. The van der Waals surface area contributed by atoms with Gasteiger partial charge in [0.15, 0.2) is 0 Å². The predicted molar refractivity (Wildman–Crippen MR) is 47.6 cm³/mol. The number of hydrogen-bond acceptors (Lipinski definition) is 2. The average molecular weight is 199 g/mol. The SMILES string of the molecule is N[C@H]1c2c(F)cc(F)cc2CC[C@H]1O. The summed E-state index contributed by atoms with van der Waals surface area (Å²) in [6.07, 6.45) is 0.193. The molecule has 1 aromatic carbocycles. The number of aryl methyl sites for hydroxylation is 1. The van der Waals surface area contributed by atoms with Crippen LogP contribution in [-0.2, 0) is 6.42 Å². The first-order valence-corrected chi connectivity index (χ1v) is 4.51. The van der Waals surface area contributed by atoms with Gasteiger partial charge in [0.2, 0.25) is 0 Å². The fraction of sp³-hybridized carbons (Fsp3) is 0.400. The van der Waals surface area contributed by atoms with Crippen LogP contribution < -0.4 is 5.73 Å². The van der Waals surface area contributed by atoms with Crippen molar-refractivity contribution in [2.45, 2.75) is 25.0 Å². The monoisotopic (exact) mass is 199 g/mol. The number of benzene rings is 1. The Morgan fingerprint density at radius 1 is 1.36 bits per heavy atom. The Morgan fingerprint density at radius 2 is 2.07 bits per heavy atom. The number of aliphatic hydroxyl groups is 1. The van der Waals surface area contributed by atoms with Crippen LogP contribution >= 0.6 is 0 Å². The highest BCUT2D eigenvalue weighted by molar-refractivity contribution is 5.35. The number of aliphatic hydroxyl groups excluding tert-OH is 1. The van der Waals surface area contributed by atoms with Crippen LogP contribution in [0.15, 0.2) is 12.1 Å². The highest BCUT2D eigenvalue weighted by Gasteiger charge is 2.28. The van der Waals surface area contributed by atoms with Crippen molar-refractivity contribution in [1.82, 2.24) is 0 Å². The van der Waals surface area contributed by atoms with Crippen LogP contribution in [0.5, 0.6) is 0 Å². The Morgan fingerprint density at radius 3 is 2.79 bits per heavy atom. The molecule has 0 bridgehead atoms. The predicted octanol–water partition coefficient (Wildman–Crippen LogP) is 1.27. The molecule has 2 rings (SSSR count). The van der Waals surface area contributed by atoms with Gasteiger partial charge < -0.3 is 10.8 Å². The molecule has 1 aliphatic carbocycles. The largest absolute Gasteiger partial charge is 0.391 e. The molecule has 2 nitrogen and oxygen atoms in total. The topological polar surface area (TPSA) is 46.2 Å². The first kappa shape index (κ1) is 9.55. The molecule has 0 saturated carbocycles. The van der Waals surface area contributed by atoms with Crippen LogP contribution in [-0.4, -0.2) is 11.2 Å². The summed E-state index contributed by atoms with van der Waals surface area (Å²) in [5, 5.41) is 9.43. The lowest BCUT2D eigenvalue weighted by molar-refractivity contribution is 0.126.